The van der Waals surface area contributed by atoms with Crippen LogP contribution in [0.3, 0.4) is 0 Å². The largest absolute Gasteiger partial charge is 0.356 e. The molecule has 170 valence electrons. The molecule has 33 heavy (non-hydrogen) atoms. The van der Waals surface area contributed by atoms with E-state index in [1.54, 1.807) is 10.4 Å². The molecule has 4 aromatic rings. The molecule has 0 spiro atoms. The summed E-state index contributed by atoms with van der Waals surface area (Å²) < 4.78 is 33.9. The van der Waals surface area contributed by atoms with Crippen LogP contribution in [0, 0.1) is 6.92 Å². The Morgan fingerprint density at radius 1 is 0.909 bits per heavy atom. The maximum atomic E-state index is 13.3. The second-order valence-corrected chi connectivity index (χ2v) is 11.2. The number of hydrogen-bond acceptors (Lipinski definition) is 6. The van der Waals surface area contributed by atoms with Crippen molar-refractivity contribution < 1.29 is 12.9 Å². The summed E-state index contributed by atoms with van der Waals surface area (Å²) in [4.78, 5) is 2.37. The lowest BCUT2D eigenvalue weighted by atomic mass is 9.96. The maximum Gasteiger partial charge on any atom is 0.252 e. The molecule has 2 aromatic carbocycles. The Morgan fingerprint density at radius 3 is 2.06 bits per heavy atom. The van der Waals surface area contributed by atoms with Crippen molar-refractivity contribution in [1.29, 1.82) is 0 Å². The number of piperazine rings is 1. The predicted octanol–water partition coefficient (Wildman–Crippen LogP) is 4.81. The van der Waals surface area contributed by atoms with Crippen LogP contribution in [0.4, 0.5) is 0 Å². The Balaban J connectivity index is 1.34. The normalized spacial score (nSPS) is 15.8. The maximum absolute atomic E-state index is 13.3. The van der Waals surface area contributed by atoms with Gasteiger partial charge in [-0.25, -0.2) is 8.42 Å². The molecule has 0 bridgehead atoms. The highest BCUT2D eigenvalue weighted by atomic mass is 32.2. The van der Waals surface area contributed by atoms with E-state index in [1.165, 1.54) is 22.5 Å². The fraction of sp³-hybridized carbons (Fsp3) is 0.240. The van der Waals surface area contributed by atoms with Gasteiger partial charge in [-0.3, -0.25) is 4.90 Å². The molecule has 0 unspecified atom stereocenters. The van der Waals surface area contributed by atoms with E-state index >= 15 is 0 Å². The first-order valence-corrected chi connectivity index (χ1v) is 13.2. The fourth-order valence-electron chi connectivity index (χ4n) is 4.29. The van der Waals surface area contributed by atoms with Crippen LogP contribution in [-0.2, 0) is 10.0 Å². The van der Waals surface area contributed by atoms with E-state index in [-0.39, 0.29) is 6.04 Å². The SMILES string of the molecule is Cc1cc(-c2csc(S(=O)(=O)N3CCN(C(c4ccccc4)c4ccccc4)CC3)c2)on1. The van der Waals surface area contributed by atoms with Gasteiger partial charge in [-0.1, -0.05) is 65.8 Å². The van der Waals surface area contributed by atoms with Crippen LogP contribution in [0.15, 0.2) is 86.9 Å². The number of hydrogen-bond donors (Lipinski definition) is 0. The molecule has 8 heteroatoms. The highest BCUT2D eigenvalue weighted by molar-refractivity contribution is 7.91. The zero-order valence-corrected chi connectivity index (χ0v) is 19.9. The second kappa shape index (κ2) is 9.23. The third-order valence-electron chi connectivity index (χ3n) is 5.95. The molecule has 0 saturated carbocycles. The lowest BCUT2D eigenvalue weighted by molar-refractivity contribution is 0.156. The molecule has 3 heterocycles. The molecule has 1 aliphatic heterocycles. The van der Waals surface area contributed by atoms with E-state index in [0.29, 0.717) is 36.1 Å². The number of aromatic nitrogens is 1. The van der Waals surface area contributed by atoms with E-state index in [9.17, 15) is 8.42 Å². The first-order chi connectivity index (χ1) is 16.0. The number of benzene rings is 2. The average Bonchev–Trinajstić information content (AvgIpc) is 3.51. The topological polar surface area (TPSA) is 66.7 Å². The quantitative estimate of drug-likeness (QED) is 0.397. The van der Waals surface area contributed by atoms with E-state index in [1.807, 2.05) is 30.5 Å². The zero-order chi connectivity index (χ0) is 22.8. The summed E-state index contributed by atoms with van der Waals surface area (Å²) in [7, 11) is -3.56. The summed E-state index contributed by atoms with van der Waals surface area (Å²) in [5.74, 6) is 0.587. The van der Waals surface area contributed by atoms with Crippen LogP contribution in [0.25, 0.3) is 11.3 Å². The highest BCUT2D eigenvalue weighted by Gasteiger charge is 2.33. The van der Waals surface area contributed by atoms with E-state index < -0.39 is 10.0 Å². The molecular weight excluding hydrogens is 454 g/mol. The van der Waals surface area contributed by atoms with Gasteiger partial charge in [0.1, 0.15) is 4.21 Å². The van der Waals surface area contributed by atoms with Gasteiger partial charge >= 0.3 is 0 Å². The molecule has 0 N–H and O–H groups in total. The monoisotopic (exact) mass is 479 g/mol. The van der Waals surface area contributed by atoms with Crippen molar-refractivity contribution in [1.82, 2.24) is 14.4 Å². The Hall–Kier alpha value is -2.78. The Morgan fingerprint density at radius 2 is 1.52 bits per heavy atom. The van der Waals surface area contributed by atoms with Crippen LogP contribution >= 0.6 is 11.3 Å². The molecule has 6 nitrogen and oxygen atoms in total. The summed E-state index contributed by atoms with van der Waals surface area (Å²) in [6, 6.07) is 24.4. The third kappa shape index (κ3) is 4.52. The molecule has 0 amide bonds. The summed E-state index contributed by atoms with van der Waals surface area (Å²) in [6.07, 6.45) is 0. The number of sulfonamides is 1. The summed E-state index contributed by atoms with van der Waals surface area (Å²) in [6.45, 7) is 4.06. The number of thiophene rings is 1. The molecule has 2 aromatic heterocycles. The minimum absolute atomic E-state index is 0.0975. The summed E-state index contributed by atoms with van der Waals surface area (Å²) >= 11 is 1.22. The number of nitrogens with zero attached hydrogens (tertiary/aromatic N) is 3. The minimum atomic E-state index is -3.56. The molecule has 5 rings (SSSR count). The van der Waals surface area contributed by atoms with Gasteiger partial charge in [0.15, 0.2) is 5.76 Å². The molecule has 1 saturated heterocycles. The van der Waals surface area contributed by atoms with Crippen LogP contribution in [0.1, 0.15) is 22.9 Å². The lowest BCUT2D eigenvalue weighted by Gasteiger charge is -2.39. The molecular formula is C25H25N3O3S2. The van der Waals surface area contributed by atoms with Crippen molar-refractivity contribution in [3.05, 3.63) is 95.0 Å². The predicted molar refractivity (Wildman–Crippen MR) is 130 cm³/mol. The van der Waals surface area contributed by atoms with Gasteiger partial charge in [0.25, 0.3) is 10.0 Å². The van der Waals surface area contributed by atoms with Crippen LogP contribution in [0.2, 0.25) is 0 Å². The lowest BCUT2D eigenvalue weighted by Crippen LogP contribution is -2.49. The summed E-state index contributed by atoms with van der Waals surface area (Å²) in [5, 5.41) is 5.70. The minimum Gasteiger partial charge on any atom is -0.356 e. The van der Waals surface area contributed by atoms with Crippen molar-refractivity contribution in [2.45, 2.75) is 17.2 Å². The standard InChI is InChI=1S/C25H25N3O3S2/c1-19-16-23(31-26-19)22-17-24(32-18-22)33(29,30)28-14-12-27(13-15-28)25(20-8-4-2-5-9-20)21-10-6-3-7-11-21/h2-11,16-18,25H,12-15H2,1H3. The average molecular weight is 480 g/mol. The highest BCUT2D eigenvalue weighted by Crippen LogP contribution is 2.33. The van der Waals surface area contributed by atoms with Gasteiger partial charge in [0.05, 0.1) is 11.7 Å². The molecule has 0 radical (unpaired) electrons. The molecule has 1 fully saturated rings. The van der Waals surface area contributed by atoms with E-state index in [0.717, 1.165) is 11.3 Å². The van der Waals surface area contributed by atoms with Gasteiger partial charge in [0.2, 0.25) is 0 Å². The van der Waals surface area contributed by atoms with Crippen molar-refractivity contribution in [2.24, 2.45) is 0 Å². The van der Waals surface area contributed by atoms with E-state index in [4.69, 9.17) is 4.52 Å². The van der Waals surface area contributed by atoms with Gasteiger partial charge in [0, 0.05) is 43.2 Å². The molecule has 1 aliphatic rings. The first kappa shape index (κ1) is 22.0. The van der Waals surface area contributed by atoms with Crippen molar-refractivity contribution in [3.8, 4) is 11.3 Å². The first-order valence-electron chi connectivity index (χ1n) is 10.9. The Kier molecular flexibility index (Phi) is 6.16. The van der Waals surface area contributed by atoms with Crippen LogP contribution in [0.5, 0.6) is 0 Å². The Bertz CT molecular complexity index is 1270. The number of aryl methyl sites for hydroxylation is 1. The van der Waals surface area contributed by atoms with E-state index in [2.05, 4.69) is 58.6 Å². The van der Waals surface area contributed by atoms with Gasteiger partial charge in [-0.15, -0.1) is 11.3 Å². The van der Waals surface area contributed by atoms with Crippen molar-refractivity contribution >= 4 is 21.4 Å². The summed E-state index contributed by atoms with van der Waals surface area (Å²) in [5.41, 5.74) is 3.93. The van der Waals surface area contributed by atoms with Gasteiger partial charge in [-0.05, 0) is 24.1 Å². The second-order valence-electron chi connectivity index (χ2n) is 8.15. The molecule has 0 atom stereocenters. The van der Waals surface area contributed by atoms with Crippen LogP contribution in [-0.4, -0.2) is 49.0 Å². The fourth-order valence-corrected chi connectivity index (χ4v) is 7.04. The zero-order valence-electron chi connectivity index (χ0n) is 18.3. The smallest absolute Gasteiger partial charge is 0.252 e. The Labute approximate surface area is 198 Å². The van der Waals surface area contributed by atoms with Crippen LogP contribution < -0.4 is 0 Å². The van der Waals surface area contributed by atoms with Gasteiger partial charge in [-0.2, -0.15) is 4.31 Å². The van der Waals surface area contributed by atoms with Crippen molar-refractivity contribution in [2.75, 3.05) is 26.2 Å². The van der Waals surface area contributed by atoms with Gasteiger partial charge < -0.3 is 4.52 Å². The molecule has 0 aliphatic carbocycles. The number of rotatable bonds is 6. The van der Waals surface area contributed by atoms with Crippen molar-refractivity contribution in [3.63, 3.8) is 0 Å². The third-order valence-corrected chi connectivity index (χ3v) is 9.26.